The van der Waals surface area contributed by atoms with Crippen molar-refractivity contribution < 1.29 is 33.5 Å². The number of hydrogen-bond donors (Lipinski definition) is 2. The smallest absolute Gasteiger partial charge is 0.411 e. The molecule has 46 heavy (non-hydrogen) atoms. The molecule has 0 fully saturated rings. The number of benzene rings is 3. The van der Waals surface area contributed by atoms with E-state index in [1.807, 2.05) is 29.2 Å². The number of alkyl halides is 1. The number of anilines is 2. The topological polar surface area (TPSA) is 150 Å². The van der Waals surface area contributed by atoms with Crippen molar-refractivity contribution in [2.75, 3.05) is 44.1 Å². The summed E-state index contributed by atoms with van der Waals surface area (Å²) in [7, 11) is 6.11. The Kier molecular flexibility index (Phi) is 8.09. The van der Waals surface area contributed by atoms with Crippen LogP contribution in [0.3, 0.4) is 0 Å². The number of ketones is 1. The molecule has 0 aliphatic carbocycles. The van der Waals surface area contributed by atoms with Crippen LogP contribution in [0.2, 0.25) is 0 Å². The van der Waals surface area contributed by atoms with Crippen molar-refractivity contribution >= 4 is 62.3 Å². The number of hydrogen-bond acceptors (Lipinski definition) is 9. The largest absolute Gasteiger partial charge is 0.493 e. The molecular weight excluding hydrogens is 618 g/mol. The monoisotopic (exact) mass is 647 g/mol. The lowest BCUT2D eigenvalue weighted by molar-refractivity contribution is -0.392. The molecule has 3 aromatic carbocycles. The Hall–Kier alpha value is -5.43. The van der Waals surface area contributed by atoms with Crippen LogP contribution in [0.15, 0.2) is 54.7 Å². The van der Waals surface area contributed by atoms with Gasteiger partial charge >= 0.3 is 11.9 Å². The molecule has 1 aliphatic heterocycles. The van der Waals surface area contributed by atoms with E-state index in [0.717, 1.165) is 10.9 Å². The van der Waals surface area contributed by atoms with Gasteiger partial charge in [0, 0.05) is 23.0 Å². The van der Waals surface area contributed by atoms with Gasteiger partial charge in [0.05, 0.1) is 69.0 Å². The maximum Gasteiger partial charge on any atom is 0.411 e. The number of aryl methyl sites for hydroxylation is 1. The maximum atomic E-state index is 14.2. The summed E-state index contributed by atoms with van der Waals surface area (Å²) in [6.07, 6.45) is 0.741. The van der Waals surface area contributed by atoms with Gasteiger partial charge in [-0.15, -0.1) is 11.6 Å². The molecule has 0 spiro atoms. The SMILES string of the molecule is COc1cc2cc(C(=O)C3CN(CCl)c4cc(NC(=O)OCc5ccn(C)c5[N+](=O)[O-])c5ccccc5c43)[nH]c2c(OC)c1OC. The van der Waals surface area contributed by atoms with E-state index in [0.29, 0.717) is 57.2 Å². The van der Waals surface area contributed by atoms with Gasteiger partial charge in [0.2, 0.25) is 5.75 Å². The van der Waals surface area contributed by atoms with Gasteiger partial charge in [-0.25, -0.2) is 9.36 Å². The zero-order valence-electron chi connectivity index (χ0n) is 25.4. The number of amides is 1. The molecule has 6 rings (SSSR count). The first kappa shape index (κ1) is 30.6. The molecule has 0 saturated carbocycles. The van der Waals surface area contributed by atoms with Gasteiger partial charge in [0.25, 0.3) is 0 Å². The lowest BCUT2D eigenvalue weighted by Gasteiger charge is -2.18. The molecule has 0 saturated heterocycles. The highest BCUT2D eigenvalue weighted by atomic mass is 35.5. The highest BCUT2D eigenvalue weighted by Crippen LogP contribution is 2.47. The van der Waals surface area contributed by atoms with E-state index < -0.39 is 16.9 Å². The quantitative estimate of drug-likeness (QED) is 0.0583. The minimum Gasteiger partial charge on any atom is -0.493 e. The number of nitrogens with zero attached hydrogens (tertiary/aromatic N) is 3. The highest BCUT2D eigenvalue weighted by Gasteiger charge is 2.37. The standard InChI is InChI=1S/C32H30ClN5O8/c1-36-10-9-17(31(36)38(41)42)15-46-32(40)35-22-13-24-26(20-8-6-5-7-19(20)22)21(14-37(24)16-33)28(39)23-11-18-12-25(43-2)29(44-3)30(45-4)27(18)34-23/h5-13,21,34H,14-16H2,1-4H3,(H,35,40). The van der Waals surface area contributed by atoms with Gasteiger partial charge in [-0.3, -0.25) is 10.1 Å². The van der Waals surface area contributed by atoms with E-state index in [9.17, 15) is 19.7 Å². The first-order chi connectivity index (χ1) is 22.2. The fraction of sp³-hybridized carbons (Fsp3) is 0.250. The van der Waals surface area contributed by atoms with Crippen molar-refractivity contribution in [2.45, 2.75) is 12.5 Å². The number of carbonyl (C=O) groups is 2. The second-order valence-electron chi connectivity index (χ2n) is 10.7. The molecule has 0 radical (unpaired) electrons. The average Bonchev–Trinajstić information content (AvgIpc) is 3.77. The molecule has 3 heterocycles. The van der Waals surface area contributed by atoms with Gasteiger partial charge in [0.1, 0.15) is 6.61 Å². The second-order valence-corrected chi connectivity index (χ2v) is 10.9. The van der Waals surface area contributed by atoms with Crippen molar-refractivity contribution in [1.29, 1.82) is 0 Å². The number of Topliss-reactive ketones (excluding diaryl/α,β-unsaturated/α-hetero) is 1. The number of halogens is 1. The number of ether oxygens (including phenoxy) is 4. The van der Waals surface area contributed by atoms with Crippen LogP contribution in [-0.2, 0) is 18.4 Å². The van der Waals surface area contributed by atoms with Crippen molar-refractivity contribution in [3.8, 4) is 17.2 Å². The Morgan fingerprint density at radius 2 is 1.80 bits per heavy atom. The summed E-state index contributed by atoms with van der Waals surface area (Å²) in [6, 6.07) is 14.4. The van der Waals surface area contributed by atoms with Crippen molar-refractivity contribution in [1.82, 2.24) is 9.55 Å². The van der Waals surface area contributed by atoms with Gasteiger partial charge in [-0.1, -0.05) is 24.3 Å². The Morgan fingerprint density at radius 1 is 1.07 bits per heavy atom. The molecule has 1 atom stereocenters. The fourth-order valence-electron chi connectivity index (χ4n) is 6.14. The number of nitrogens with one attached hydrogen (secondary N) is 2. The normalized spacial score (nSPS) is 13.9. The molecule has 1 amide bonds. The Balaban J connectivity index is 1.35. The van der Waals surface area contributed by atoms with Gasteiger partial charge < -0.3 is 38.9 Å². The van der Waals surface area contributed by atoms with E-state index in [2.05, 4.69) is 10.3 Å². The number of fused-ring (bicyclic) bond motifs is 4. The fourth-order valence-corrected chi connectivity index (χ4v) is 6.36. The van der Waals surface area contributed by atoms with Crippen LogP contribution in [0.1, 0.15) is 27.5 Å². The molecule has 13 nitrogen and oxygen atoms in total. The molecule has 2 N–H and O–H groups in total. The number of carbonyl (C=O) groups excluding carboxylic acids is 2. The van der Waals surface area contributed by atoms with Gasteiger partial charge in [-0.05, 0) is 40.1 Å². The van der Waals surface area contributed by atoms with E-state index in [-0.39, 0.29) is 29.8 Å². The van der Waals surface area contributed by atoms with Crippen LogP contribution in [0, 0.1) is 10.1 Å². The van der Waals surface area contributed by atoms with E-state index in [4.69, 9.17) is 30.5 Å². The highest BCUT2D eigenvalue weighted by molar-refractivity contribution is 6.20. The third kappa shape index (κ3) is 5.08. The summed E-state index contributed by atoms with van der Waals surface area (Å²) in [6.45, 7) is 0.0235. The number of H-pyrrole nitrogens is 1. The number of nitro groups is 1. The molecule has 5 aromatic rings. The zero-order chi connectivity index (χ0) is 32.7. The molecule has 0 bridgehead atoms. The van der Waals surface area contributed by atoms with Crippen molar-refractivity contribution in [3.05, 3.63) is 81.7 Å². The molecule has 2 aromatic heterocycles. The van der Waals surface area contributed by atoms with Gasteiger partial charge in [0.15, 0.2) is 17.3 Å². The maximum absolute atomic E-state index is 14.2. The van der Waals surface area contributed by atoms with Crippen LogP contribution in [-0.4, -0.2) is 60.2 Å². The summed E-state index contributed by atoms with van der Waals surface area (Å²) < 4.78 is 23.3. The molecule has 1 unspecified atom stereocenters. The van der Waals surface area contributed by atoms with Crippen LogP contribution >= 0.6 is 11.6 Å². The van der Waals surface area contributed by atoms with Crippen molar-refractivity contribution in [2.24, 2.45) is 7.05 Å². The van der Waals surface area contributed by atoms with Gasteiger partial charge in [-0.2, -0.15) is 0 Å². The summed E-state index contributed by atoms with van der Waals surface area (Å²) >= 11 is 6.38. The first-order valence-corrected chi connectivity index (χ1v) is 14.7. The molecule has 238 valence electrons. The van der Waals surface area contributed by atoms with Crippen LogP contribution in [0.4, 0.5) is 22.0 Å². The third-order valence-corrected chi connectivity index (χ3v) is 8.48. The van der Waals surface area contributed by atoms with E-state index in [1.165, 1.54) is 38.2 Å². The average molecular weight is 648 g/mol. The molecule has 14 heteroatoms. The lowest BCUT2D eigenvalue weighted by Crippen LogP contribution is -2.23. The predicted octanol–water partition coefficient (Wildman–Crippen LogP) is 6.33. The Labute approximate surface area is 267 Å². The molecule has 1 aliphatic rings. The second kappa shape index (κ2) is 12.2. The lowest BCUT2D eigenvalue weighted by atomic mass is 9.90. The number of rotatable bonds is 10. The first-order valence-electron chi connectivity index (χ1n) is 14.1. The minimum absolute atomic E-state index is 0.103. The van der Waals surface area contributed by atoms with E-state index >= 15 is 0 Å². The van der Waals surface area contributed by atoms with Crippen LogP contribution in [0.25, 0.3) is 21.7 Å². The number of methoxy groups -OCH3 is 3. The zero-order valence-corrected chi connectivity index (χ0v) is 26.1. The van der Waals surface area contributed by atoms with Crippen LogP contribution < -0.4 is 24.4 Å². The third-order valence-electron chi connectivity index (χ3n) is 8.19. The number of aromatic amines is 1. The summed E-state index contributed by atoms with van der Waals surface area (Å²) in [5, 5.41) is 16.4. The van der Waals surface area contributed by atoms with Crippen molar-refractivity contribution in [3.63, 3.8) is 0 Å². The predicted molar refractivity (Wildman–Crippen MR) is 173 cm³/mol. The summed E-state index contributed by atoms with van der Waals surface area (Å²) in [4.78, 5) is 43.1. The van der Waals surface area contributed by atoms with Crippen LogP contribution in [0.5, 0.6) is 17.2 Å². The minimum atomic E-state index is -0.788. The Bertz CT molecular complexity index is 2020. The molecular formula is C32H30ClN5O8. The van der Waals surface area contributed by atoms with E-state index in [1.54, 1.807) is 25.2 Å². The number of aromatic nitrogens is 2. The summed E-state index contributed by atoms with van der Waals surface area (Å²) in [5.41, 5.74) is 3.15. The summed E-state index contributed by atoms with van der Waals surface area (Å²) in [5.74, 6) is 0.400. The Morgan fingerprint density at radius 3 is 2.48 bits per heavy atom.